The number of unbranched alkanes of at least 4 members (excludes halogenated alkanes) is 13. The quantitative estimate of drug-likeness (QED) is 0.0373. The lowest BCUT2D eigenvalue weighted by atomic mass is 10.1. The Labute approximate surface area is 491 Å². The van der Waals surface area contributed by atoms with Gasteiger partial charge in [0, 0.05) is 12.8 Å². The number of carbonyl (C=O) groups excluding carboxylic acids is 2. The van der Waals surface area contributed by atoms with Crippen LogP contribution in [0, 0.1) is 0 Å². The van der Waals surface area contributed by atoms with Crippen LogP contribution in [0.4, 0.5) is 0 Å². The molecule has 0 amide bonds. The zero-order valence-corrected chi connectivity index (χ0v) is 50.7. The van der Waals surface area contributed by atoms with Gasteiger partial charge in [-0.15, -0.1) is 0 Å². The van der Waals surface area contributed by atoms with Crippen LogP contribution in [-0.2, 0) is 19.1 Å². The molecule has 0 saturated carbocycles. The highest BCUT2D eigenvalue weighted by Crippen LogP contribution is 2.13. The Bertz CT molecular complexity index is 1910. The van der Waals surface area contributed by atoms with E-state index < -0.39 is 6.10 Å². The Balaban J connectivity index is 3.66. The number of ether oxygens (including phenoxy) is 2. The van der Waals surface area contributed by atoms with Gasteiger partial charge in [0.1, 0.15) is 6.61 Å². The maximum Gasteiger partial charge on any atom is 0.306 e. The number of hydrogen-bond acceptors (Lipinski definition) is 5. The maximum absolute atomic E-state index is 12.3. The molecule has 1 unspecified atom stereocenters. The van der Waals surface area contributed by atoms with E-state index in [0.717, 1.165) is 173 Å². The largest absolute Gasteiger partial charge is 0.462 e. The van der Waals surface area contributed by atoms with Crippen molar-refractivity contribution in [2.45, 2.75) is 238 Å². The zero-order valence-electron chi connectivity index (χ0n) is 50.7. The van der Waals surface area contributed by atoms with Crippen LogP contribution in [0.25, 0.3) is 0 Å². The van der Waals surface area contributed by atoms with E-state index in [2.05, 4.69) is 220 Å². The first-order valence-corrected chi connectivity index (χ1v) is 31.6. The van der Waals surface area contributed by atoms with Gasteiger partial charge >= 0.3 is 11.9 Å². The third-order valence-electron chi connectivity index (χ3n) is 12.6. The number of hydrogen-bond donors (Lipinski definition) is 1. The van der Waals surface area contributed by atoms with E-state index in [0.29, 0.717) is 12.8 Å². The first-order valence-electron chi connectivity index (χ1n) is 31.6. The third-order valence-corrected chi connectivity index (χ3v) is 12.6. The van der Waals surface area contributed by atoms with Crippen LogP contribution < -0.4 is 0 Å². The molecule has 80 heavy (non-hydrogen) atoms. The number of carbonyl (C=O) groups is 2. The van der Waals surface area contributed by atoms with E-state index in [9.17, 15) is 14.7 Å². The van der Waals surface area contributed by atoms with Gasteiger partial charge in [0.15, 0.2) is 6.10 Å². The molecule has 0 rings (SSSR count). The molecule has 0 fully saturated rings. The van der Waals surface area contributed by atoms with Crippen LogP contribution >= 0.6 is 0 Å². The summed E-state index contributed by atoms with van der Waals surface area (Å²) in [5, 5.41) is 9.68. The molecule has 0 aliphatic rings. The minimum Gasteiger partial charge on any atom is -0.462 e. The Morgan fingerprint density at radius 1 is 0.287 bits per heavy atom. The van der Waals surface area contributed by atoms with Crippen molar-refractivity contribution in [2.24, 2.45) is 0 Å². The van der Waals surface area contributed by atoms with Gasteiger partial charge in [0.25, 0.3) is 0 Å². The van der Waals surface area contributed by atoms with Crippen molar-refractivity contribution in [1.29, 1.82) is 0 Å². The smallest absolute Gasteiger partial charge is 0.306 e. The average molecular weight is 1100 g/mol. The van der Waals surface area contributed by atoms with Crippen LogP contribution in [0.15, 0.2) is 207 Å². The number of aliphatic hydroxyl groups excluding tert-OH is 1. The predicted octanol–water partition coefficient (Wildman–Crippen LogP) is 22.2. The number of aliphatic hydroxyl groups is 1. The van der Waals surface area contributed by atoms with Crippen LogP contribution in [0.1, 0.15) is 232 Å². The molecule has 5 nitrogen and oxygen atoms in total. The molecule has 0 radical (unpaired) electrons. The van der Waals surface area contributed by atoms with Crippen molar-refractivity contribution in [1.82, 2.24) is 0 Å². The van der Waals surface area contributed by atoms with Crippen LogP contribution in [0.3, 0.4) is 0 Å². The van der Waals surface area contributed by atoms with Crippen molar-refractivity contribution < 1.29 is 24.2 Å². The van der Waals surface area contributed by atoms with Gasteiger partial charge in [-0.2, -0.15) is 0 Å². The van der Waals surface area contributed by atoms with Crippen molar-refractivity contribution >= 4 is 11.9 Å². The molecular formula is C75H114O5. The summed E-state index contributed by atoms with van der Waals surface area (Å²) in [6, 6.07) is 0. The molecule has 444 valence electrons. The van der Waals surface area contributed by atoms with Crippen molar-refractivity contribution in [2.75, 3.05) is 13.2 Å². The normalized spacial score (nSPS) is 13.7. The van der Waals surface area contributed by atoms with E-state index in [1.165, 1.54) is 32.1 Å². The summed E-state index contributed by atoms with van der Waals surface area (Å²) < 4.78 is 10.7. The summed E-state index contributed by atoms with van der Waals surface area (Å²) in [5.41, 5.74) is 0. The fourth-order valence-corrected chi connectivity index (χ4v) is 7.92. The van der Waals surface area contributed by atoms with Gasteiger partial charge in [0.2, 0.25) is 0 Å². The van der Waals surface area contributed by atoms with E-state index in [1.807, 2.05) is 0 Å². The molecule has 0 saturated heterocycles. The van der Waals surface area contributed by atoms with Gasteiger partial charge in [-0.1, -0.05) is 278 Å². The minimum absolute atomic E-state index is 0.0938. The van der Waals surface area contributed by atoms with Gasteiger partial charge in [0.05, 0.1) is 6.61 Å². The van der Waals surface area contributed by atoms with Gasteiger partial charge in [-0.05, 0) is 148 Å². The molecule has 0 heterocycles. The Kier molecular flexibility index (Phi) is 63.1. The molecule has 0 aliphatic carbocycles. The van der Waals surface area contributed by atoms with Crippen molar-refractivity contribution in [3.8, 4) is 0 Å². The predicted molar refractivity (Wildman–Crippen MR) is 352 cm³/mol. The first-order chi connectivity index (χ1) is 39.6. The molecule has 0 bridgehead atoms. The van der Waals surface area contributed by atoms with Gasteiger partial charge in [-0.3, -0.25) is 9.59 Å². The third kappa shape index (κ3) is 65.0. The van der Waals surface area contributed by atoms with E-state index in [1.54, 1.807) is 0 Å². The molecule has 1 atom stereocenters. The highest BCUT2D eigenvalue weighted by atomic mass is 16.6. The fourth-order valence-electron chi connectivity index (χ4n) is 7.92. The molecule has 0 aromatic carbocycles. The second-order valence-corrected chi connectivity index (χ2v) is 20.0. The molecule has 0 aromatic rings. The van der Waals surface area contributed by atoms with Crippen LogP contribution in [0.2, 0.25) is 0 Å². The Morgan fingerprint density at radius 2 is 0.500 bits per heavy atom. The Hall–Kier alpha value is -5.52. The second-order valence-electron chi connectivity index (χ2n) is 20.0. The van der Waals surface area contributed by atoms with Gasteiger partial charge < -0.3 is 14.6 Å². The fraction of sp³-hybridized carbons (Fsp3) is 0.520. The minimum atomic E-state index is -0.803. The molecule has 0 aliphatic heterocycles. The van der Waals surface area contributed by atoms with E-state index >= 15 is 0 Å². The van der Waals surface area contributed by atoms with Crippen molar-refractivity contribution in [3.63, 3.8) is 0 Å². The lowest BCUT2D eigenvalue weighted by Crippen LogP contribution is -2.28. The lowest BCUT2D eigenvalue weighted by molar-refractivity contribution is -0.161. The maximum atomic E-state index is 12.3. The van der Waals surface area contributed by atoms with Crippen molar-refractivity contribution in [3.05, 3.63) is 207 Å². The monoisotopic (exact) mass is 1090 g/mol. The summed E-state index contributed by atoms with van der Waals surface area (Å²) in [7, 11) is 0. The average Bonchev–Trinajstić information content (AvgIpc) is 3.46. The zero-order chi connectivity index (χ0) is 57.6. The molecule has 1 N–H and O–H groups in total. The molecular weight excluding hydrogens is 981 g/mol. The van der Waals surface area contributed by atoms with Crippen LogP contribution in [0.5, 0.6) is 0 Å². The molecule has 0 spiro atoms. The standard InChI is InChI=1S/C75H114O5/c1-3-5-7-9-11-13-15-17-19-21-23-25-27-29-31-32-33-34-35-36-37-38-39-40-41-42-44-46-48-50-52-54-56-58-60-62-64-66-68-70-75(78)80-73(71-76)72-79-74(77)69-67-65-63-61-59-57-55-53-51-49-47-45-43-30-28-26-24-22-20-18-16-14-12-10-8-6-4-2/h5-8,11-14,17-20,23-26,29-31,33-34,36-37,39-40,42-44,47-50,53,55,73,76H,3-4,9-10,15-16,21-22,27-28,32,35,38,41,45-46,51-52,54,56-72H2,1-2H3/b7-5-,8-6-,13-11-,14-12-,19-17-,20-18-,25-23-,26-24-,31-29-,34-33-,37-36-,40-39-,43-30-,44-42-,49-47-,50-48-,55-53-. The topological polar surface area (TPSA) is 72.8 Å². The first kappa shape index (κ1) is 74.5. The van der Waals surface area contributed by atoms with E-state index in [4.69, 9.17) is 9.47 Å². The van der Waals surface area contributed by atoms with Crippen LogP contribution in [-0.4, -0.2) is 36.4 Å². The summed E-state index contributed by atoms with van der Waals surface area (Å²) in [6.07, 6.45) is 109. The summed E-state index contributed by atoms with van der Waals surface area (Å²) in [5.74, 6) is -0.638. The number of esters is 2. The highest BCUT2D eigenvalue weighted by Gasteiger charge is 2.16. The molecule has 0 aromatic heterocycles. The summed E-state index contributed by atoms with van der Waals surface area (Å²) in [4.78, 5) is 24.6. The number of rotatable bonds is 55. The summed E-state index contributed by atoms with van der Waals surface area (Å²) in [6.45, 7) is 3.87. The summed E-state index contributed by atoms with van der Waals surface area (Å²) >= 11 is 0. The highest BCUT2D eigenvalue weighted by molar-refractivity contribution is 5.70. The van der Waals surface area contributed by atoms with E-state index in [-0.39, 0.29) is 25.2 Å². The lowest BCUT2D eigenvalue weighted by Gasteiger charge is -2.15. The molecule has 5 heteroatoms. The number of allylic oxidation sites excluding steroid dienone is 34. The second kappa shape index (κ2) is 67.8. The Morgan fingerprint density at radius 3 is 0.750 bits per heavy atom. The van der Waals surface area contributed by atoms with Gasteiger partial charge in [-0.25, -0.2) is 0 Å². The SMILES string of the molecule is CC/C=C\C/C=C\C/C=C\C/C=C\C/C=C\C/C=C\C/C=C\C/C=C\C/C=C\C/C=C\CCCCCCCCCCC(=O)OC(CO)COC(=O)CCCCCCC/C=C\C/C=C\C/C=C\C/C=C\C/C=C\C/C=C\C/C=C\CC.